The van der Waals surface area contributed by atoms with Gasteiger partial charge in [-0.15, -0.1) is 10.2 Å². The summed E-state index contributed by atoms with van der Waals surface area (Å²) < 4.78 is 40.6. The minimum Gasteiger partial charge on any atom is -0.351 e. The fraction of sp³-hybridized carbons (Fsp3) is 0.444. The molecule has 0 bridgehead atoms. The predicted molar refractivity (Wildman–Crippen MR) is 93.4 cm³/mol. The van der Waals surface area contributed by atoms with Crippen LogP contribution in [0.25, 0.3) is 5.65 Å². The van der Waals surface area contributed by atoms with Crippen molar-refractivity contribution in [2.24, 2.45) is 0 Å². The molecule has 1 saturated carbocycles. The summed E-state index contributed by atoms with van der Waals surface area (Å²) in [6.07, 6.45) is 2.06. The Morgan fingerprint density at radius 2 is 2.04 bits per heavy atom. The molecule has 0 unspecified atom stereocenters. The SMILES string of the molecule is Cc1nc(N[C@@H]2CCC[C@H](c3nnc4ccccn34)C2)ncc1C(F)(F)F. The van der Waals surface area contributed by atoms with Crippen molar-refractivity contribution in [2.75, 3.05) is 5.32 Å². The number of anilines is 1. The Kier molecular flexibility index (Phi) is 4.45. The molecule has 3 aromatic rings. The molecular weight excluding hydrogens is 357 g/mol. The van der Waals surface area contributed by atoms with E-state index in [-0.39, 0.29) is 23.6 Å². The van der Waals surface area contributed by atoms with Crippen LogP contribution >= 0.6 is 0 Å². The van der Waals surface area contributed by atoms with E-state index >= 15 is 0 Å². The molecule has 0 aliphatic heterocycles. The Bertz CT molecular complexity index is 952. The normalized spacial score (nSPS) is 20.7. The Hall–Kier alpha value is -2.71. The first-order chi connectivity index (χ1) is 12.9. The van der Waals surface area contributed by atoms with E-state index in [2.05, 4.69) is 25.5 Å². The van der Waals surface area contributed by atoms with Gasteiger partial charge in [0, 0.05) is 24.4 Å². The van der Waals surface area contributed by atoms with Gasteiger partial charge in [0.05, 0.1) is 11.3 Å². The molecule has 0 spiro atoms. The van der Waals surface area contributed by atoms with Crippen LogP contribution in [0.15, 0.2) is 30.6 Å². The van der Waals surface area contributed by atoms with Crippen molar-refractivity contribution in [1.29, 1.82) is 0 Å². The molecular formula is C18H19F3N6. The number of nitrogens with zero attached hydrogens (tertiary/aromatic N) is 5. The molecule has 1 aliphatic carbocycles. The molecule has 27 heavy (non-hydrogen) atoms. The van der Waals surface area contributed by atoms with Gasteiger partial charge in [0.1, 0.15) is 5.82 Å². The van der Waals surface area contributed by atoms with Gasteiger partial charge in [0.25, 0.3) is 0 Å². The van der Waals surface area contributed by atoms with Crippen LogP contribution in [-0.4, -0.2) is 30.6 Å². The van der Waals surface area contributed by atoms with E-state index in [0.29, 0.717) is 0 Å². The summed E-state index contributed by atoms with van der Waals surface area (Å²) in [6.45, 7) is 1.35. The third kappa shape index (κ3) is 3.58. The number of rotatable bonds is 3. The Balaban J connectivity index is 1.50. The highest BCUT2D eigenvalue weighted by atomic mass is 19.4. The molecule has 6 nitrogen and oxygen atoms in total. The van der Waals surface area contributed by atoms with E-state index in [4.69, 9.17) is 0 Å². The van der Waals surface area contributed by atoms with Crippen molar-refractivity contribution in [2.45, 2.75) is 50.7 Å². The maximum atomic E-state index is 12.9. The van der Waals surface area contributed by atoms with E-state index in [0.717, 1.165) is 43.4 Å². The molecule has 142 valence electrons. The zero-order chi connectivity index (χ0) is 19.0. The zero-order valence-corrected chi connectivity index (χ0v) is 14.7. The molecule has 0 aromatic carbocycles. The van der Waals surface area contributed by atoms with Crippen LogP contribution in [0.2, 0.25) is 0 Å². The average molecular weight is 376 g/mol. The molecule has 1 N–H and O–H groups in total. The maximum Gasteiger partial charge on any atom is 0.419 e. The van der Waals surface area contributed by atoms with E-state index in [1.807, 2.05) is 28.8 Å². The van der Waals surface area contributed by atoms with Gasteiger partial charge in [-0.1, -0.05) is 12.5 Å². The van der Waals surface area contributed by atoms with Crippen LogP contribution < -0.4 is 5.32 Å². The number of aryl methyl sites for hydroxylation is 1. The van der Waals surface area contributed by atoms with Crippen LogP contribution in [0.5, 0.6) is 0 Å². The molecule has 9 heteroatoms. The summed E-state index contributed by atoms with van der Waals surface area (Å²) >= 11 is 0. The van der Waals surface area contributed by atoms with Crippen molar-refractivity contribution in [1.82, 2.24) is 24.6 Å². The van der Waals surface area contributed by atoms with Crippen molar-refractivity contribution < 1.29 is 13.2 Å². The number of nitrogens with one attached hydrogen (secondary N) is 1. The summed E-state index contributed by atoms with van der Waals surface area (Å²) in [5.74, 6) is 1.38. The van der Waals surface area contributed by atoms with Gasteiger partial charge in [0.15, 0.2) is 5.65 Å². The third-order valence-electron chi connectivity index (χ3n) is 5.00. The molecule has 4 rings (SSSR count). The van der Waals surface area contributed by atoms with Crippen molar-refractivity contribution in [3.8, 4) is 0 Å². The fourth-order valence-corrected chi connectivity index (χ4v) is 3.69. The van der Waals surface area contributed by atoms with Crippen LogP contribution in [0.1, 0.15) is 48.7 Å². The lowest BCUT2D eigenvalue weighted by molar-refractivity contribution is -0.138. The van der Waals surface area contributed by atoms with Gasteiger partial charge in [0.2, 0.25) is 5.95 Å². The quantitative estimate of drug-likeness (QED) is 0.749. The summed E-state index contributed by atoms with van der Waals surface area (Å²) in [5, 5.41) is 11.7. The number of hydrogen-bond donors (Lipinski definition) is 1. The van der Waals surface area contributed by atoms with Gasteiger partial charge in [-0.25, -0.2) is 9.97 Å². The topological polar surface area (TPSA) is 68.0 Å². The summed E-state index contributed by atoms with van der Waals surface area (Å²) in [6, 6.07) is 5.85. The van der Waals surface area contributed by atoms with Gasteiger partial charge in [-0.2, -0.15) is 13.2 Å². The van der Waals surface area contributed by atoms with E-state index in [1.54, 1.807) is 0 Å². The van der Waals surface area contributed by atoms with Crippen molar-refractivity contribution in [3.63, 3.8) is 0 Å². The van der Waals surface area contributed by atoms with Crippen LogP contribution in [0.3, 0.4) is 0 Å². The van der Waals surface area contributed by atoms with Crippen LogP contribution in [0.4, 0.5) is 19.1 Å². The molecule has 1 aliphatic rings. The smallest absolute Gasteiger partial charge is 0.351 e. The van der Waals surface area contributed by atoms with E-state index in [9.17, 15) is 13.2 Å². The third-order valence-corrected chi connectivity index (χ3v) is 5.00. The maximum absolute atomic E-state index is 12.9. The first-order valence-electron chi connectivity index (χ1n) is 8.89. The fourth-order valence-electron chi connectivity index (χ4n) is 3.69. The first-order valence-corrected chi connectivity index (χ1v) is 8.89. The lowest BCUT2D eigenvalue weighted by Crippen LogP contribution is -2.28. The molecule has 0 radical (unpaired) electrons. The molecule has 0 amide bonds. The Labute approximate surface area is 153 Å². The molecule has 3 heterocycles. The number of aromatic nitrogens is 5. The van der Waals surface area contributed by atoms with Gasteiger partial charge in [-0.3, -0.25) is 4.40 Å². The van der Waals surface area contributed by atoms with Crippen LogP contribution in [-0.2, 0) is 6.18 Å². The highest BCUT2D eigenvalue weighted by Crippen LogP contribution is 2.34. The van der Waals surface area contributed by atoms with Crippen LogP contribution in [0, 0.1) is 6.92 Å². The summed E-state index contributed by atoms with van der Waals surface area (Å²) in [7, 11) is 0. The Morgan fingerprint density at radius 3 is 2.81 bits per heavy atom. The van der Waals surface area contributed by atoms with E-state index in [1.165, 1.54) is 6.92 Å². The minimum absolute atomic E-state index is 0.0733. The number of hydrogen-bond acceptors (Lipinski definition) is 5. The predicted octanol–water partition coefficient (Wildman–Crippen LogP) is 3.98. The second kappa shape index (κ2) is 6.79. The number of fused-ring (bicyclic) bond motifs is 1. The number of pyridine rings is 1. The largest absolute Gasteiger partial charge is 0.419 e. The zero-order valence-electron chi connectivity index (χ0n) is 14.7. The van der Waals surface area contributed by atoms with Gasteiger partial charge in [-0.05, 0) is 38.3 Å². The second-order valence-electron chi connectivity index (χ2n) is 6.88. The highest BCUT2D eigenvalue weighted by Gasteiger charge is 2.34. The average Bonchev–Trinajstić information content (AvgIpc) is 3.05. The first kappa shape index (κ1) is 17.7. The molecule has 1 fully saturated rings. The lowest BCUT2D eigenvalue weighted by atomic mass is 9.85. The lowest BCUT2D eigenvalue weighted by Gasteiger charge is -2.29. The number of alkyl halides is 3. The van der Waals surface area contributed by atoms with E-state index < -0.39 is 11.7 Å². The minimum atomic E-state index is -4.44. The van der Waals surface area contributed by atoms with Crippen molar-refractivity contribution >= 4 is 11.6 Å². The summed E-state index contributed by atoms with van der Waals surface area (Å²) in [4.78, 5) is 7.86. The van der Waals surface area contributed by atoms with Crippen molar-refractivity contribution in [3.05, 3.63) is 47.7 Å². The molecule has 0 saturated heterocycles. The highest BCUT2D eigenvalue weighted by molar-refractivity contribution is 5.38. The number of halogens is 3. The summed E-state index contributed by atoms with van der Waals surface area (Å²) in [5.41, 5.74) is -0.0652. The molecule has 3 aromatic heterocycles. The standard InChI is InChI=1S/C18H19F3N6/c1-11-14(18(19,20)21)10-22-17(23-11)24-13-6-4-5-12(9-13)16-26-25-15-7-2-3-8-27(15)16/h2-3,7-8,10,12-13H,4-6,9H2,1H3,(H,22,23,24)/t12-,13+/m0/s1. The van der Waals surface area contributed by atoms with Gasteiger partial charge < -0.3 is 5.32 Å². The molecule has 2 atom stereocenters. The van der Waals surface area contributed by atoms with Gasteiger partial charge >= 0.3 is 6.18 Å². The Morgan fingerprint density at radius 1 is 1.19 bits per heavy atom. The monoisotopic (exact) mass is 376 g/mol. The second-order valence-corrected chi connectivity index (χ2v) is 6.88.